The molecule has 1 heterocycles. The Balaban J connectivity index is 3.26. The molecule has 4 nitrogen and oxygen atoms in total. The van der Waals surface area contributed by atoms with Crippen LogP contribution in [0, 0.1) is 3.57 Å². The summed E-state index contributed by atoms with van der Waals surface area (Å²) < 4.78 is 64.6. The van der Waals surface area contributed by atoms with E-state index in [9.17, 15) is 26.7 Å². The van der Waals surface area contributed by atoms with Gasteiger partial charge in [-0.1, -0.05) is 0 Å². The minimum Gasteiger partial charge on any atom is -0.481 e. The van der Waals surface area contributed by atoms with Crippen LogP contribution in [-0.4, -0.2) is 22.4 Å². The summed E-state index contributed by atoms with van der Waals surface area (Å²) >= 11 is 1.36. The van der Waals surface area contributed by atoms with Crippen molar-refractivity contribution in [3.63, 3.8) is 0 Å². The fraction of sp³-hybridized carbons (Fsp3) is 0.333. The first kappa shape index (κ1) is 15.9. The highest BCUT2D eigenvalue weighted by molar-refractivity contribution is 14.1. The van der Waals surface area contributed by atoms with Gasteiger partial charge < -0.3 is 9.84 Å². The third kappa shape index (κ3) is 4.76. The zero-order valence-electron chi connectivity index (χ0n) is 8.84. The van der Waals surface area contributed by atoms with E-state index in [2.05, 4.69) is 9.72 Å². The number of carboxylic acids is 1. The van der Waals surface area contributed by atoms with Crippen LogP contribution in [0.25, 0.3) is 0 Å². The van der Waals surface area contributed by atoms with Crippen molar-refractivity contribution in [1.29, 1.82) is 0 Å². The summed E-state index contributed by atoms with van der Waals surface area (Å²) in [5.74, 6) is -2.47. The summed E-state index contributed by atoms with van der Waals surface area (Å²) in [6.07, 6.45) is -9.01. The molecule has 0 aliphatic heterocycles. The smallest absolute Gasteiger partial charge is 0.481 e. The highest BCUT2D eigenvalue weighted by Gasteiger charge is 2.33. The van der Waals surface area contributed by atoms with Crippen molar-refractivity contribution in [2.75, 3.05) is 0 Å². The van der Waals surface area contributed by atoms with E-state index in [0.29, 0.717) is 6.07 Å². The first-order valence-corrected chi connectivity index (χ1v) is 5.63. The fourth-order valence-electron chi connectivity index (χ4n) is 1.23. The van der Waals surface area contributed by atoms with Gasteiger partial charge in [0.1, 0.15) is 0 Å². The number of hydrogen-bond acceptors (Lipinski definition) is 3. The molecule has 1 N–H and O–H groups in total. The van der Waals surface area contributed by atoms with Crippen molar-refractivity contribution in [3.8, 4) is 5.88 Å². The van der Waals surface area contributed by atoms with Gasteiger partial charge in [-0.2, -0.15) is 0 Å². The molecule has 0 spiro atoms. The van der Waals surface area contributed by atoms with E-state index in [0.717, 1.165) is 0 Å². The molecule has 0 amide bonds. The molecule has 0 aliphatic carbocycles. The van der Waals surface area contributed by atoms with E-state index in [4.69, 9.17) is 5.11 Å². The molecule has 106 valence electrons. The first-order chi connectivity index (χ1) is 8.60. The SMILES string of the molecule is O=C(O)Cc1nc(OC(F)(F)F)cc(I)c1C(F)F. The summed E-state index contributed by atoms with van der Waals surface area (Å²) in [5.41, 5.74) is -1.37. The van der Waals surface area contributed by atoms with Crippen LogP contribution in [0.5, 0.6) is 5.88 Å². The molecule has 0 aliphatic rings. The Hall–Kier alpha value is -1.20. The topological polar surface area (TPSA) is 59.4 Å². The average molecular weight is 397 g/mol. The Morgan fingerprint density at radius 2 is 2.05 bits per heavy atom. The Morgan fingerprint density at radius 1 is 1.47 bits per heavy atom. The van der Waals surface area contributed by atoms with Crippen molar-refractivity contribution < 1.29 is 36.6 Å². The Labute approximate surface area is 116 Å². The van der Waals surface area contributed by atoms with Gasteiger partial charge in [0, 0.05) is 9.64 Å². The van der Waals surface area contributed by atoms with Crippen LogP contribution in [0.3, 0.4) is 0 Å². The maximum atomic E-state index is 12.7. The lowest BCUT2D eigenvalue weighted by Gasteiger charge is -2.13. The molecule has 0 saturated carbocycles. The number of ether oxygens (including phenoxy) is 1. The molecule has 1 rings (SSSR count). The molecule has 0 fully saturated rings. The number of rotatable bonds is 4. The second-order valence-corrected chi connectivity index (χ2v) is 4.38. The van der Waals surface area contributed by atoms with Crippen molar-refractivity contribution in [2.24, 2.45) is 0 Å². The lowest BCUT2D eigenvalue weighted by Crippen LogP contribution is -2.19. The second-order valence-electron chi connectivity index (χ2n) is 3.22. The third-order valence-corrected chi connectivity index (χ3v) is 2.71. The van der Waals surface area contributed by atoms with E-state index in [-0.39, 0.29) is 3.57 Å². The predicted octanol–water partition coefficient (Wildman–Crippen LogP) is 3.15. The molecule has 0 saturated heterocycles. The highest BCUT2D eigenvalue weighted by Crippen LogP contribution is 2.31. The molecule has 0 atom stereocenters. The average Bonchev–Trinajstić information content (AvgIpc) is 2.10. The molecular formula is C9H5F5INO3. The zero-order valence-corrected chi connectivity index (χ0v) is 11.0. The summed E-state index contributed by atoms with van der Waals surface area (Å²) in [5, 5.41) is 8.54. The number of halogens is 6. The van der Waals surface area contributed by atoms with Crippen molar-refractivity contribution >= 4 is 28.6 Å². The fourth-order valence-corrected chi connectivity index (χ4v) is 2.04. The van der Waals surface area contributed by atoms with Crippen LogP contribution in [0.15, 0.2) is 6.07 Å². The molecule has 1 aromatic rings. The van der Waals surface area contributed by atoms with Gasteiger partial charge in [-0.25, -0.2) is 13.8 Å². The number of carbonyl (C=O) groups is 1. The van der Waals surface area contributed by atoms with Gasteiger partial charge in [-0.15, -0.1) is 13.2 Å². The Morgan fingerprint density at radius 3 is 2.47 bits per heavy atom. The number of nitrogens with zero attached hydrogens (tertiary/aromatic N) is 1. The van der Waals surface area contributed by atoms with E-state index in [1.165, 1.54) is 22.6 Å². The molecule has 0 bridgehead atoms. The van der Waals surface area contributed by atoms with E-state index in [1.807, 2.05) is 0 Å². The van der Waals surface area contributed by atoms with Gasteiger partial charge in [-0.3, -0.25) is 4.79 Å². The molecule has 0 radical (unpaired) electrons. The molecule has 0 aromatic carbocycles. The lowest BCUT2D eigenvalue weighted by atomic mass is 10.1. The van der Waals surface area contributed by atoms with Gasteiger partial charge in [0.15, 0.2) is 0 Å². The maximum absolute atomic E-state index is 12.7. The van der Waals surface area contributed by atoms with Crippen LogP contribution >= 0.6 is 22.6 Å². The van der Waals surface area contributed by atoms with Gasteiger partial charge in [0.05, 0.1) is 17.7 Å². The zero-order chi connectivity index (χ0) is 14.8. The summed E-state index contributed by atoms with van der Waals surface area (Å²) in [6, 6.07) is 0.668. The van der Waals surface area contributed by atoms with Crippen LogP contribution < -0.4 is 4.74 Å². The van der Waals surface area contributed by atoms with Crippen LogP contribution in [0.2, 0.25) is 0 Å². The summed E-state index contributed by atoms with van der Waals surface area (Å²) in [4.78, 5) is 13.7. The Bertz CT molecular complexity index is 491. The van der Waals surface area contributed by atoms with Crippen molar-refractivity contribution in [1.82, 2.24) is 4.98 Å². The Kier molecular flexibility index (Phi) is 4.87. The quantitative estimate of drug-likeness (QED) is 0.627. The molecule has 0 unspecified atom stereocenters. The highest BCUT2D eigenvalue weighted by atomic mass is 127. The summed E-state index contributed by atoms with van der Waals surface area (Å²) in [6.45, 7) is 0. The number of aromatic nitrogens is 1. The van der Waals surface area contributed by atoms with Crippen molar-refractivity contribution in [2.45, 2.75) is 19.2 Å². The number of aliphatic carboxylic acids is 1. The number of alkyl halides is 5. The van der Waals surface area contributed by atoms with Gasteiger partial charge in [0.25, 0.3) is 6.43 Å². The number of carboxylic acid groups (broad SMARTS) is 1. The van der Waals surface area contributed by atoms with E-state index >= 15 is 0 Å². The van der Waals surface area contributed by atoms with Crippen molar-refractivity contribution in [3.05, 3.63) is 20.9 Å². The maximum Gasteiger partial charge on any atom is 0.574 e. The second kappa shape index (κ2) is 5.84. The summed E-state index contributed by atoms with van der Waals surface area (Å²) in [7, 11) is 0. The number of pyridine rings is 1. The van der Waals surface area contributed by atoms with Crippen LogP contribution in [0.4, 0.5) is 22.0 Å². The van der Waals surface area contributed by atoms with Gasteiger partial charge in [-0.05, 0) is 22.6 Å². The lowest BCUT2D eigenvalue weighted by molar-refractivity contribution is -0.276. The van der Waals surface area contributed by atoms with Gasteiger partial charge >= 0.3 is 12.3 Å². The normalized spacial score (nSPS) is 11.7. The number of hydrogen-bond donors (Lipinski definition) is 1. The monoisotopic (exact) mass is 397 g/mol. The van der Waals surface area contributed by atoms with Crippen LogP contribution in [-0.2, 0) is 11.2 Å². The molecule has 19 heavy (non-hydrogen) atoms. The standard InChI is InChI=1S/C9H5F5INO3/c10-8(11)7-3(15)1-5(19-9(12,13)14)16-4(7)2-6(17)18/h1,8H,2H2,(H,17,18). The molecular weight excluding hydrogens is 392 g/mol. The molecule has 1 aromatic heterocycles. The minimum atomic E-state index is -5.04. The minimum absolute atomic E-state index is 0.252. The third-order valence-electron chi connectivity index (χ3n) is 1.82. The van der Waals surface area contributed by atoms with E-state index in [1.54, 1.807) is 0 Å². The van der Waals surface area contributed by atoms with E-state index < -0.39 is 42.3 Å². The van der Waals surface area contributed by atoms with Crippen LogP contribution in [0.1, 0.15) is 17.7 Å². The van der Waals surface area contributed by atoms with Gasteiger partial charge in [0.2, 0.25) is 5.88 Å². The molecule has 10 heteroatoms. The first-order valence-electron chi connectivity index (χ1n) is 4.55. The predicted molar refractivity (Wildman–Crippen MR) is 59.9 cm³/mol. The largest absolute Gasteiger partial charge is 0.574 e.